The molecule has 1 aromatic carbocycles. The zero-order valence-electron chi connectivity index (χ0n) is 11.4. The van der Waals surface area contributed by atoms with Gasteiger partial charge in [0.1, 0.15) is 11.5 Å². The molecule has 0 radical (unpaired) electrons. The molecule has 104 valence electrons. The molecule has 0 fully saturated rings. The highest BCUT2D eigenvalue weighted by molar-refractivity contribution is 5.67. The molecule has 0 spiro atoms. The highest BCUT2D eigenvalue weighted by atomic mass is 16.5. The second-order valence-electron chi connectivity index (χ2n) is 4.45. The summed E-state index contributed by atoms with van der Waals surface area (Å²) in [6.07, 6.45) is 5.29. The molecule has 0 atom stereocenters. The van der Waals surface area contributed by atoms with Crippen LogP contribution in [0.15, 0.2) is 41.1 Å². The van der Waals surface area contributed by atoms with E-state index in [9.17, 15) is 0 Å². The number of nitrogens with zero attached hydrogens (tertiary/aromatic N) is 4. The van der Waals surface area contributed by atoms with E-state index >= 15 is 0 Å². The van der Waals surface area contributed by atoms with Crippen molar-refractivity contribution in [2.45, 2.75) is 6.92 Å². The van der Waals surface area contributed by atoms with Crippen molar-refractivity contribution in [2.24, 2.45) is 0 Å². The van der Waals surface area contributed by atoms with Gasteiger partial charge in [-0.2, -0.15) is 4.98 Å². The van der Waals surface area contributed by atoms with Crippen LogP contribution in [0.4, 0.5) is 5.69 Å². The first-order valence-electron chi connectivity index (χ1n) is 6.38. The maximum atomic E-state index is 5.64. The molecule has 3 aromatic rings. The summed E-state index contributed by atoms with van der Waals surface area (Å²) in [6.45, 7) is 1.81. The molecular weight excluding hydrogens is 266 g/mol. The Bertz CT molecular complexity index is 777. The SMILES string of the molecule is Cc1nccc(-c2noc(/C=C/c3ccc(N)cc3)n2)n1. The van der Waals surface area contributed by atoms with Gasteiger partial charge in [-0.25, -0.2) is 9.97 Å². The van der Waals surface area contributed by atoms with Crippen LogP contribution in [0.5, 0.6) is 0 Å². The lowest BCUT2D eigenvalue weighted by Gasteiger charge is -1.93. The molecule has 0 bridgehead atoms. The van der Waals surface area contributed by atoms with Gasteiger partial charge in [0.15, 0.2) is 0 Å². The second kappa shape index (κ2) is 5.54. The molecule has 6 nitrogen and oxygen atoms in total. The minimum Gasteiger partial charge on any atom is -0.399 e. The van der Waals surface area contributed by atoms with Crippen molar-refractivity contribution < 1.29 is 4.52 Å². The molecule has 0 amide bonds. The normalized spacial score (nSPS) is 11.1. The molecule has 3 rings (SSSR count). The van der Waals surface area contributed by atoms with E-state index in [-0.39, 0.29) is 0 Å². The first kappa shape index (κ1) is 13.0. The fraction of sp³-hybridized carbons (Fsp3) is 0.0667. The van der Waals surface area contributed by atoms with Crippen LogP contribution in [0, 0.1) is 6.92 Å². The third kappa shape index (κ3) is 3.11. The van der Waals surface area contributed by atoms with Crippen LogP contribution in [-0.2, 0) is 0 Å². The van der Waals surface area contributed by atoms with Crippen molar-refractivity contribution in [2.75, 3.05) is 5.73 Å². The molecule has 2 N–H and O–H groups in total. The highest BCUT2D eigenvalue weighted by Crippen LogP contribution is 2.14. The summed E-state index contributed by atoms with van der Waals surface area (Å²) in [4.78, 5) is 12.6. The molecule has 0 saturated heterocycles. The predicted octanol–water partition coefficient (Wildman–Crippen LogP) is 2.59. The lowest BCUT2D eigenvalue weighted by molar-refractivity contribution is 0.411. The largest absolute Gasteiger partial charge is 0.399 e. The van der Waals surface area contributed by atoms with Gasteiger partial charge in [-0.1, -0.05) is 17.3 Å². The number of benzene rings is 1. The molecule has 6 heteroatoms. The topological polar surface area (TPSA) is 90.7 Å². The lowest BCUT2D eigenvalue weighted by atomic mass is 10.2. The van der Waals surface area contributed by atoms with Gasteiger partial charge in [0, 0.05) is 18.0 Å². The number of nitrogen functional groups attached to an aromatic ring is 1. The summed E-state index contributed by atoms with van der Waals surface area (Å²) in [7, 11) is 0. The van der Waals surface area contributed by atoms with Crippen molar-refractivity contribution in [3.8, 4) is 11.5 Å². The fourth-order valence-electron chi connectivity index (χ4n) is 1.76. The standard InChI is InChI=1S/C15H13N5O/c1-10-17-9-8-13(18-10)15-19-14(21-20-15)7-4-11-2-5-12(16)6-3-11/h2-9H,16H2,1H3/b7-4+. The summed E-state index contributed by atoms with van der Waals surface area (Å²) in [5, 5.41) is 3.91. The average molecular weight is 279 g/mol. The third-order valence-electron chi connectivity index (χ3n) is 2.80. The molecular formula is C15H13N5O. The van der Waals surface area contributed by atoms with Crippen LogP contribution in [-0.4, -0.2) is 20.1 Å². The molecule has 0 aliphatic heterocycles. The van der Waals surface area contributed by atoms with E-state index < -0.39 is 0 Å². The molecule has 0 aliphatic carbocycles. The fourth-order valence-corrected chi connectivity index (χ4v) is 1.76. The van der Waals surface area contributed by atoms with Gasteiger partial charge < -0.3 is 10.3 Å². The van der Waals surface area contributed by atoms with Gasteiger partial charge in [-0.3, -0.25) is 0 Å². The number of hydrogen-bond acceptors (Lipinski definition) is 6. The van der Waals surface area contributed by atoms with Gasteiger partial charge in [0.05, 0.1) is 0 Å². The smallest absolute Gasteiger partial charge is 0.251 e. The molecule has 0 aliphatic rings. The molecule has 2 aromatic heterocycles. The quantitative estimate of drug-likeness (QED) is 0.741. The van der Waals surface area contributed by atoms with Crippen LogP contribution >= 0.6 is 0 Å². The first-order valence-corrected chi connectivity index (χ1v) is 6.38. The summed E-state index contributed by atoms with van der Waals surface area (Å²) in [5.74, 6) is 1.52. The monoisotopic (exact) mass is 279 g/mol. The van der Waals surface area contributed by atoms with E-state index in [1.54, 1.807) is 18.3 Å². The van der Waals surface area contributed by atoms with Crippen molar-refractivity contribution in [3.63, 3.8) is 0 Å². The van der Waals surface area contributed by atoms with E-state index in [0.717, 1.165) is 11.3 Å². The van der Waals surface area contributed by atoms with Crippen LogP contribution in [0.3, 0.4) is 0 Å². The van der Waals surface area contributed by atoms with Gasteiger partial charge >= 0.3 is 0 Å². The lowest BCUT2D eigenvalue weighted by Crippen LogP contribution is -1.90. The summed E-state index contributed by atoms with van der Waals surface area (Å²) >= 11 is 0. The summed E-state index contributed by atoms with van der Waals surface area (Å²) in [5.41, 5.74) is 8.00. The van der Waals surface area contributed by atoms with Crippen molar-refractivity contribution in [1.29, 1.82) is 0 Å². The van der Waals surface area contributed by atoms with Crippen LogP contribution in [0.25, 0.3) is 23.7 Å². The highest BCUT2D eigenvalue weighted by Gasteiger charge is 2.08. The number of aryl methyl sites for hydroxylation is 1. The van der Waals surface area contributed by atoms with E-state index in [1.165, 1.54) is 0 Å². The zero-order valence-corrected chi connectivity index (χ0v) is 11.4. The number of hydrogen-bond donors (Lipinski definition) is 1. The Hall–Kier alpha value is -3.02. The van der Waals surface area contributed by atoms with Crippen LogP contribution in [0.2, 0.25) is 0 Å². The molecule has 0 saturated carbocycles. The number of anilines is 1. The second-order valence-corrected chi connectivity index (χ2v) is 4.45. The van der Waals surface area contributed by atoms with Crippen molar-refractivity contribution in [1.82, 2.24) is 20.1 Å². The predicted molar refractivity (Wildman–Crippen MR) is 79.8 cm³/mol. The van der Waals surface area contributed by atoms with Crippen molar-refractivity contribution in [3.05, 3.63) is 53.8 Å². The Morgan fingerprint density at radius 3 is 2.62 bits per heavy atom. The first-order chi connectivity index (χ1) is 10.2. The number of aromatic nitrogens is 4. The van der Waals surface area contributed by atoms with Gasteiger partial charge in [0.2, 0.25) is 5.82 Å². The minimum absolute atomic E-state index is 0.415. The number of rotatable bonds is 3. The zero-order chi connectivity index (χ0) is 14.7. The summed E-state index contributed by atoms with van der Waals surface area (Å²) < 4.78 is 5.17. The average Bonchev–Trinajstić information content (AvgIpc) is 2.96. The third-order valence-corrected chi connectivity index (χ3v) is 2.80. The van der Waals surface area contributed by atoms with Crippen LogP contribution in [0.1, 0.15) is 17.3 Å². The van der Waals surface area contributed by atoms with Gasteiger partial charge in [0.25, 0.3) is 5.89 Å². The molecule has 2 heterocycles. The Morgan fingerprint density at radius 1 is 1.05 bits per heavy atom. The van der Waals surface area contributed by atoms with Crippen LogP contribution < -0.4 is 5.73 Å². The van der Waals surface area contributed by atoms with E-state index in [2.05, 4.69) is 20.1 Å². The Balaban J connectivity index is 1.80. The van der Waals surface area contributed by atoms with Crippen molar-refractivity contribution >= 4 is 17.8 Å². The molecule has 0 unspecified atom stereocenters. The Labute approximate surface area is 121 Å². The number of nitrogens with two attached hydrogens (primary N) is 1. The summed E-state index contributed by atoms with van der Waals surface area (Å²) in [6, 6.07) is 9.24. The Morgan fingerprint density at radius 2 is 1.86 bits per heavy atom. The minimum atomic E-state index is 0.415. The van der Waals surface area contributed by atoms with Gasteiger partial charge in [-0.05, 0) is 36.8 Å². The van der Waals surface area contributed by atoms with E-state index in [1.807, 2.05) is 37.3 Å². The Kier molecular flexibility index (Phi) is 3.42. The van der Waals surface area contributed by atoms with E-state index in [4.69, 9.17) is 10.3 Å². The molecule has 21 heavy (non-hydrogen) atoms. The van der Waals surface area contributed by atoms with Gasteiger partial charge in [-0.15, -0.1) is 0 Å². The maximum absolute atomic E-state index is 5.64. The van der Waals surface area contributed by atoms with E-state index in [0.29, 0.717) is 23.2 Å². The maximum Gasteiger partial charge on any atom is 0.251 e.